The van der Waals surface area contributed by atoms with Crippen molar-refractivity contribution < 1.29 is 13.9 Å². The second kappa shape index (κ2) is 7.82. The molecule has 36 heavy (non-hydrogen) atoms. The van der Waals surface area contributed by atoms with Crippen LogP contribution < -0.4 is 15.4 Å². The van der Waals surface area contributed by atoms with Gasteiger partial charge in [-0.3, -0.25) is 4.79 Å². The molecule has 2 aliphatic rings. The van der Waals surface area contributed by atoms with Crippen LogP contribution in [0.5, 0.6) is 5.88 Å². The summed E-state index contributed by atoms with van der Waals surface area (Å²) in [6.07, 6.45) is 0. The SMILES string of the molecule is Cc1nn(-c2ccccc2)c2c1C1(C(=O)N(Cc3cccc(F)c3)c3ccccc31)C(C#N)=C(N)O2. The molecule has 1 spiro atoms. The zero-order chi connectivity index (χ0) is 25.0. The van der Waals surface area contributed by atoms with Crippen LogP contribution in [-0.4, -0.2) is 15.7 Å². The van der Waals surface area contributed by atoms with Gasteiger partial charge >= 0.3 is 0 Å². The number of aryl methyl sites for hydroxylation is 1. The van der Waals surface area contributed by atoms with Crippen LogP contribution in [0.4, 0.5) is 10.1 Å². The van der Waals surface area contributed by atoms with Gasteiger partial charge in [0.05, 0.1) is 23.5 Å². The summed E-state index contributed by atoms with van der Waals surface area (Å²) in [5.74, 6) is -0.631. The molecule has 1 atom stereocenters. The molecule has 2 aliphatic heterocycles. The normalized spacial score (nSPS) is 18.1. The number of benzene rings is 3. The van der Waals surface area contributed by atoms with Crippen LogP contribution in [0.1, 0.15) is 22.4 Å². The molecule has 7 nitrogen and oxygen atoms in total. The van der Waals surface area contributed by atoms with Gasteiger partial charge in [-0.2, -0.15) is 10.4 Å². The largest absolute Gasteiger partial charge is 0.422 e. The number of para-hydroxylation sites is 2. The topological polar surface area (TPSA) is 97.2 Å². The Morgan fingerprint density at radius 3 is 2.58 bits per heavy atom. The van der Waals surface area contributed by atoms with Gasteiger partial charge in [-0.25, -0.2) is 9.07 Å². The molecule has 4 aromatic rings. The molecule has 2 N–H and O–H groups in total. The van der Waals surface area contributed by atoms with Gasteiger partial charge in [0.25, 0.3) is 0 Å². The lowest BCUT2D eigenvalue weighted by molar-refractivity contribution is -0.121. The van der Waals surface area contributed by atoms with Crippen molar-refractivity contribution >= 4 is 11.6 Å². The first-order chi connectivity index (χ1) is 17.5. The fourth-order valence-electron chi connectivity index (χ4n) is 5.29. The predicted octanol–water partition coefficient (Wildman–Crippen LogP) is 4.24. The number of nitrogens with zero attached hydrogens (tertiary/aromatic N) is 4. The molecular weight excluding hydrogens is 457 g/mol. The number of ether oxygens (including phenoxy) is 1. The maximum atomic E-state index is 14.5. The summed E-state index contributed by atoms with van der Waals surface area (Å²) >= 11 is 0. The molecule has 0 aliphatic carbocycles. The first kappa shape index (κ1) is 21.6. The highest BCUT2D eigenvalue weighted by molar-refractivity contribution is 6.14. The third-order valence-corrected chi connectivity index (χ3v) is 6.73. The summed E-state index contributed by atoms with van der Waals surface area (Å²) in [5, 5.41) is 15.0. The number of halogens is 1. The van der Waals surface area contributed by atoms with Gasteiger partial charge in [0.1, 0.15) is 22.9 Å². The van der Waals surface area contributed by atoms with E-state index in [0.717, 1.165) is 5.69 Å². The lowest BCUT2D eigenvalue weighted by Gasteiger charge is -2.33. The lowest BCUT2D eigenvalue weighted by Crippen LogP contribution is -2.46. The van der Waals surface area contributed by atoms with Crippen LogP contribution in [0.3, 0.4) is 0 Å². The van der Waals surface area contributed by atoms with E-state index in [1.807, 2.05) is 54.6 Å². The Balaban J connectivity index is 1.63. The van der Waals surface area contributed by atoms with Gasteiger partial charge in [-0.15, -0.1) is 0 Å². The van der Waals surface area contributed by atoms with E-state index >= 15 is 0 Å². The summed E-state index contributed by atoms with van der Waals surface area (Å²) in [6.45, 7) is 1.90. The molecular formula is C28H20FN5O2. The Bertz CT molecular complexity index is 1620. The molecule has 176 valence electrons. The number of amides is 1. The van der Waals surface area contributed by atoms with Crippen molar-refractivity contribution in [2.24, 2.45) is 5.73 Å². The summed E-state index contributed by atoms with van der Waals surface area (Å²) < 4.78 is 21.5. The number of carbonyl (C=O) groups is 1. The number of rotatable bonds is 3. The van der Waals surface area contributed by atoms with Gasteiger partial charge < -0.3 is 15.4 Å². The van der Waals surface area contributed by atoms with Crippen LogP contribution in [0.2, 0.25) is 0 Å². The Kier molecular flexibility index (Phi) is 4.70. The average molecular weight is 477 g/mol. The van der Waals surface area contributed by atoms with E-state index in [0.29, 0.717) is 28.1 Å². The third kappa shape index (κ3) is 2.83. The summed E-state index contributed by atoms with van der Waals surface area (Å²) in [5.41, 5.74) is 8.35. The monoisotopic (exact) mass is 477 g/mol. The second-order valence-electron chi connectivity index (χ2n) is 8.75. The first-order valence-corrected chi connectivity index (χ1v) is 11.4. The zero-order valence-electron chi connectivity index (χ0n) is 19.3. The molecule has 0 radical (unpaired) electrons. The van der Waals surface area contributed by atoms with E-state index in [1.165, 1.54) is 12.1 Å². The highest BCUT2D eigenvalue weighted by atomic mass is 19.1. The molecule has 1 amide bonds. The Labute approximate surface area is 206 Å². The van der Waals surface area contributed by atoms with Gasteiger partial charge in [0.2, 0.25) is 17.7 Å². The van der Waals surface area contributed by atoms with Crippen molar-refractivity contribution in [1.29, 1.82) is 5.26 Å². The van der Waals surface area contributed by atoms with E-state index in [1.54, 1.807) is 28.6 Å². The van der Waals surface area contributed by atoms with Gasteiger partial charge in [0, 0.05) is 11.3 Å². The minimum atomic E-state index is -1.55. The van der Waals surface area contributed by atoms with Crippen molar-refractivity contribution in [3.8, 4) is 17.6 Å². The van der Waals surface area contributed by atoms with E-state index in [9.17, 15) is 14.4 Å². The molecule has 3 aromatic carbocycles. The van der Waals surface area contributed by atoms with E-state index in [4.69, 9.17) is 15.6 Å². The quantitative estimate of drug-likeness (QED) is 0.476. The molecule has 3 heterocycles. The number of anilines is 1. The number of hydrogen-bond acceptors (Lipinski definition) is 5. The Hall–Kier alpha value is -4.90. The molecule has 8 heteroatoms. The number of carbonyl (C=O) groups excluding carboxylic acids is 1. The minimum Gasteiger partial charge on any atom is -0.422 e. The maximum Gasteiger partial charge on any atom is 0.248 e. The van der Waals surface area contributed by atoms with Crippen molar-refractivity contribution in [2.75, 3.05) is 4.90 Å². The van der Waals surface area contributed by atoms with Crippen molar-refractivity contribution in [1.82, 2.24) is 9.78 Å². The van der Waals surface area contributed by atoms with Crippen LogP contribution >= 0.6 is 0 Å². The summed E-state index contributed by atoms with van der Waals surface area (Å²) in [7, 11) is 0. The van der Waals surface area contributed by atoms with Crippen LogP contribution in [0, 0.1) is 24.1 Å². The molecule has 0 fully saturated rings. The molecule has 0 saturated heterocycles. The molecule has 1 unspecified atom stereocenters. The van der Waals surface area contributed by atoms with E-state index in [2.05, 4.69) is 6.07 Å². The van der Waals surface area contributed by atoms with Crippen LogP contribution in [-0.2, 0) is 16.8 Å². The average Bonchev–Trinajstić information content (AvgIpc) is 3.33. The van der Waals surface area contributed by atoms with Crippen molar-refractivity contribution in [2.45, 2.75) is 18.9 Å². The lowest BCUT2D eigenvalue weighted by atomic mass is 9.69. The molecule has 6 rings (SSSR count). The third-order valence-electron chi connectivity index (χ3n) is 6.73. The maximum absolute atomic E-state index is 14.5. The summed E-state index contributed by atoms with van der Waals surface area (Å²) in [4.78, 5) is 16.1. The van der Waals surface area contributed by atoms with Gasteiger partial charge in [-0.1, -0.05) is 48.5 Å². The first-order valence-electron chi connectivity index (χ1n) is 11.4. The Morgan fingerprint density at radius 2 is 1.83 bits per heavy atom. The fourth-order valence-corrected chi connectivity index (χ4v) is 5.29. The standard InChI is InChI=1S/C28H20FN5O2/c1-17-24-26(34(32-17)20-10-3-2-4-11-20)36-25(31)22(15-30)28(24)21-12-5-6-13-23(21)33(27(28)35)16-18-8-7-9-19(29)14-18/h2-14H,16,31H2,1H3. The van der Waals surface area contributed by atoms with Crippen molar-refractivity contribution in [3.05, 3.63) is 119 Å². The van der Waals surface area contributed by atoms with Crippen LogP contribution in [0.25, 0.3) is 5.69 Å². The van der Waals surface area contributed by atoms with E-state index < -0.39 is 11.2 Å². The fraction of sp³-hybridized carbons (Fsp3) is 0.107. The van der Waals surface area contributed by atoms with Crippen molar-refractivity contribution in [3.63, 3.8) is 0 Å². The van der Waals surface area contributed by atoms with Gasteiger partial charge in [0.15, 0.2) is 0 Å². The zero-order valence-corrected chi connectivity index (χ0v) is 19.3. The Morgan fingerprint density at radius 1 is 1.08 bits per heavy atom. The predicted molar refractivity (Wildman–Crippen MR) is 131 cm³/mol. The number of hydrogen-bond donors (Lipinski definition) is 1. The summed E-state index contributed by atoms with van der Waals surface area (Å²) in [6, 6.07) is 24.9. The highest BCUT2D eigenvalue weighted by Gasteiger charge is 2.61. The smallest absolute Gasteiger partial charge is 0.248 e. The number of fused-ring (bicyclic) bond motifs is 4. The molecule has 0 bridgehead atoms. The minimum absolute atomic E-state index is 0.00454. The van der Waals surface area contributed by atoms with E-state index in [-0.39, 0.29) is 29.8 Å². The highest BCUT2D eigenvalue weighted by Crippen LogP contribution is 2.56. The van der Waals surface area contributed by atoms with Gasteiger partial charge in [-0.05, 0) is 42.8 Å². The van der Waals surface area contributed by atoms with Crippen LogP contribution in [0.15, 0.2) is 90.3 Å². The number of nitrogens with two attached hydrogens (primary N) is 1. The number of nitriles is 1. The second-order valence-corrected chi connectivity index (χ2v) is 8.75. The number of aromatic nitrogens is 2. The molecule has 0 saturated carbocycles. The molecule has 1 aromatic heterocycles.